The zero-order chi connectivity index (χ0) is 21.4. The Kier molecular flexibility index (Phi) is 5.55. The van der Waals surface area contributed by atoms with Gasteiger partial charge < -0.3 is 15.0 Å². The van der Waals surface area contributed by atoms with Crippen LogP contribution < -0.4 is 15.0 Å². The zero-order valence-electron chi connectivity index (χ0n) is 16.5. The van der Waals surface area contributed by atoms with Gasteiger partial charge in [-0.1, -0.05) is 34.7 Å². The van der Waals surface area contributed by atoms with Crippen molar-refractivity contribution in [3.63, 3.8) is 0 Å². The lowest BCUT2D eigenvalue weighted by Crippen LogP contribution is -2.16. The van der Waals surface area contributed by atoms with Crippen LogP contribution in [0.5, 0.6) is 5.75 Å². The molecule has 0 saturated carbocycles. The topological polar surface area (TPSA) is 97.5 Å². The van der Waals surface area contributed by atoms with E-state index in [0.29, 0.717) is 32.9 Å². The Hall–Kier alpha value is -2.63. The van der Waals surface area contributed by atoms with E-state index < -0.39 is 0 Å². The number of thioether (sulfide) groups is 1. The number of ether oxygens (including phenoxy) is 1. The Morgan fingerprint density at radius 2 is 2.16 bits per heavy atom. The van der Waals surface area contributed by atoms with Crippen molar-refractivity contribution in [2.45, 2.75) is 18.0 Å². The second kappa shape index (κ2) is 8.48. The Morgan fingerprint density at radius 3 is 2.94 bits per heavy atom. The third kappa shape index (κ3) is 4.00. The second-order valence-electron chi connectivity index (χ2n) is 6.95. The lowest BCUT2D eigenvalue weighted by Gasteiger charge is -2.11. The molecule has 1 N–H and O–H groups in total. The van der Waals surface area contributed by atoms with Gasteiger partial charge in [-0.25, -0.2) is 4.98 Å². The summed E-state index contributed by atoms with van der Waals surface area (Å²) in [6.07, 6.45) is 4.04. The summed E-state index contributed by atoms with van der Waals surface area (Å²) >= 11 is 8.99. The molecule has 3 aromatic heterocycles. The number of carbonyl (C=O) groups is 1. The molecule has 4 aromatic rings. The maximum absolute atomic E-state index is 12.4. The molecular formula is C19H18ClN7O2S2. The molecule has 0 radical (unpaired) electrons. The van der Waals surface area contributed by atoms with Gasteiger partial charge in [0, 0.05) is 18.8 Å². The number of aromatic nitrogens is 5. The molecule has 160 valence electrons. The van der Waals surface area contributed by atoms with Gasteiger partial charge in [0.25, 0.3) is 0 Å². The number of nitrogens with zero attached hydrogens (tertiary/aromatic N) is 6. The van der Waals surface area contributed by atoms with Crippen LogP contribution in [0.15, 0.2) is 29.7 Å². The average molecular weight is 476 g/mol. The highest BCUT2D eigenvalue weighted by Crippen LogP contribution is 2.33. The fourth-order valence-electron chi connectivity index (χ4n) is 3.40. The second-order valence-corrected chi connectivity index (χ2v) is 9.28. The fraction of sp³-hybridized carbons (Fsp3) is 0.316. The molecule has 1 fully saturated rings. The minimum Gasteiger partial charge on any atom is -0.495 e. The van der Waals surface area contributed by atoms with Crippen LogP contribution in [0.25, 0.3) is 16.0 Å². The van der Waals surface area contributed by atoms with Gasteiger partial charge in [0.15, 0.2) is 21.6 Å². The minimum atomic E-state index is -0.175. The van der Waals surface area contributed by atoms with E-state index in [0.717, 1.165) is 22.9 Å². The molecule has 1 aliphatic rings. The normalized spacial score (nSPS) is 13.9. The first-order chi connectivity index (χ1) is 15.1. The molecular weight excluding hydrogens is 458 g/mol. The van der Waals surface area contributed by atoms with Gasteiger partial charge in [-0.3, -0.25) is 9.20 Å². The van der Waals surface area contributed by atoms with E-state index >= 15 is 0 Å². The average Bonchev–Trinajstić information content (AvgIpc) is 3.50. The SMILES string of the molecule is COc1ccc(NC(=O)CSc2nnc3c4sc(N5CCCC5)nc4ncn23)cc1Cl. The van der Waals surface area contributed by atoms with Crippen molar-refractivity contribution in [1.29, 1.82) is 0 Å². The number of hydrogen-bond donors (Lipinski definition) is 1. The van der Waals surface area contributed by atoms with Crippen molar-refractivity contribution in [3.8, 4) is 5.75 Å². The molecule has 12 heteroatoms. The van der Waals surface area contributed by atoms with Crippen LogP contribution >= 0.6 is 34.7 Å². The molecule has 0 bridgehead atoms. The van der Waals surface area contributed by atoms with Crippen LogP contribution in [0.2, 0.25) is 5.02 Å². The summed E-state index contributed by atoms with van der Waals surface area (Å²) in [7, 11) is 1.54. The van der Waals surface area contributed by atoms with Crippen molar-refractivity contribution in [1.82, 2.24) is 24.6 Å². The number of anilines is 2. The van der Waals surface area contributed by atoms with Gasteiger partial charge in [0.05, 0.1) is 17.9 Å². The van der Waals surface area contributed by atoms with E-state index in [-0.39, 0.29) is 11.7 Å². The molecule has 4 heterocycles. The maximum atomic E-state index is 12.4. The van der Waals surface area contributed by atoms with Gasteiger partial charge in [-0.05, 0) is 31.0 Å². The fourth-order valence-corrected chi connectivity index (χ4v) is 5.40. The van der Waals surface area contributed by atoms with E-state index in [1.54, 1.807) is 47.4 Å². The largest absolute Gasteiger partial charge is 0.495 e. The minimum absolute atomic E-state index is 0.171. The highest BCUT2D eigenvalue weighted by Gasteiger charge is 2.20. The molecule has 0 spiro atoms. The summed E-state index contributed by atoms with van der Waals surface area (Å²) < 4.78 is 7.83. The summed E-state index contributed by atoms with van der Waals surface area (Å²) in [6.45, 7) is 2.05. The van der Waals surface area contributed by atoms with Gasteiger partial charge in [-0.15, -0.1) is 10.2 Å². The molecule has 9 nitrogen and oxygen atoms in total. The van der Waals surface area contributed by atoms with Crippen LogP contribution in [0.3, 0.4) is 0 Å². The zero-order valence-corrected chi connectivity index (χ0v) is 18.9. The van der Waals surface area contributed by atoms with E-state index in [4.69, 9.17) is 16.3 Å². The van der Waals surface area contributed by atoms with E-state index in [9.17, 15) is 4.79 Å². The number of carbonyl (C=O) groups excluding carboxylic acids is 1. The standard InChI is InChI=1S/C19H18ClN7O2S2/c1-29-13-5-4-11(8-12(13)20)22-14(28)9-30-19-25-24-17-15-16(21-10-27(17)19)23-18(31-15)26-6-2-3-7-26/h4-5,8,10H,2-3,6-7,9H2,1H3,(H,22,28). The van der Waals surface area contributed by atoms with Crippen molar-refractivity contribution in [2.75, 3.05) is 36.2 Å². The van der Waals surface area contributed by atoms with Crippen LogP contribution in [0.4, 0.5) is 10.8 Å². The summed E-state index contributed by atoms with van der Waals surface area (Å²) in [6, 6.07) is 5.10. The van der Waals surface area contributed by atoms with Crippen LogP contribution in [0, 0.1) is 0 Å². The monoisotopic (exact) mass is 475 g/mol. The molecule has 1 amide bonds. The number of halogens is 1. The quantitative estimate of drug-likeness (QED) is 0.421. The van der Waals surface area contributed by atoms with Crippen molar-refractivity contribution < 1.29 is 9.53 Å². The highest BCUT2D eigenvalue weighted by atomic mass is 35.5. The highest BCUT2D eigenvalue weighted by molar-refractivity contribution is 7.99. The third-order valence-electron chi connectivity index (χ3n) is 4.91. The first-order valence-corrected chi connectivity index (χ1v) is 11.8. The summed E-state index contributed by atoms with van der Waals surface area (Å²) in [5.41, 5.74) is 1.99. The molecule has 1 saturated heterocycles. The number of benzene rings is 1. The predicted octanol–water partition coefficient (Wildman–Crippen LogP) is 3.73. The Morgan fingerprint density at radius 1 is 1.32 bits per heavy atom. The lowest BCUT2D eigenvalue weighted by molar-refractivity contribution is -0.113. The number of nitrogens with one attached hydrogen (secondary N) is 1. The molecule has 1 aliphatic heterocycles. The number of amides is 1. The summed E-state index contributed by atoms with van der Waals surface area (Å²) in [5.74, 6) is 0.550. The third-order valence-corrected chi connectivity index (χ3v) is 7.25. The number of methoxy groups -OCH3 is 1. The van der Waals surface area contributed by atoms with Gasteiger partial charge in [0.2, 0.25) is 5.91 Å². The van der Waals surface area contributed by atoms with Gasteiger partial charge in [0.1, 0.15) is 16.8 Å². The molecule has 0 atom stereocenters. The van der Waals surface area contributed by atoms with Gasteiger partial charge in [-0.2, -0.15) is 4.98 Å². The van der Waals surface area contributed by atoms with Crippen molar-refractivity contribution in [3.05, 3.63) is 29.5 Å². The van der Waals surface area contributed by atoms with Crippen molar-refractivity contribution in [2.24, 2.45) is 0 Å². The smallest absolute Gasteiger partial charge is 0.234 e. The predicted molar refractivity (Wildman–Crippen MR) is 123 cm³/mol. The summed E-state index contributed by atoms with van der Waals surface area (Å²) in [4.78, 5) is 23.8. The number of rotatable bonds is 6. The Bertz CT molecular complexity index is 1270. The molecule has 0 aliphatic carbocycles. The Labute approximate surface area is 190 Å². The summed E-state index contributed by atoms with van der Waals surface area (Å²) in [5, 5.41) is 13.4. The first-order valence-electron chi connectivity index (χ1n) is 9.64. The lowest BCUT2D eigenvalue weighted by atomic mass is 10.3. The Balaban J connectivity index is 1.30. The first kappa shape index (κ1) is 20.3. The van der Waals surface area contributed by atoms with Crippen LogP contribution in [-0.4, -0.2) is 56.4 Å². The molecule has 31 heavy (non-hydrogen) atoms. The van der Waals surface area contributed by atoms with E-state index in [2.05, 4.69) is 30.4 Å². The van der Waals surface area contributed by atoms with E-state index in [1.165, 1.54) is 24.6 Å². The molecule has 5 rings (SSSR count). The van der Waals surface area contributed by atoms with Crippen molar-refractivity contribution >= 4 is 67.4 Å². The number of hydrogen-bond acceptors (Lipinski definition) is 9. The van der Waals surface area contributed by atoms with Crippen LogP contribution in [0.1, 0.15) is 12.8 Å². The molecule has 0 unspecified atom stereocenters. The number of fused-ring (bicyclic) bond motifs is 3. The van der Waals surface area contributed by atoms with Crippen LogP contribution in [-0.2, 0) is 4.79 Å². The molecule has 1 aromatic carbocycles. The maximum Gasteiger partial charge on any atom is 0.234 e. The number of thiazole rings is 1. The van der Waals surface area contributed by atoms with E-state index in [1.807, 2.05) is 0 Å². The van der Waals surface area contributed by atoms with Gasteiger partial charge >= 0.3 is 0 Å².